The minimum absolute atomic E-state index is 0.134. The quantitative estimate of drug-likeness (QED) is 0.649. The Hall–Kier alpha value is -3.68. The van der Waals surface area contributed by atoms with E-state index in [1.54, 1.807) is 21.7 Å². The summed E-state index contributed by atoms with van der Waals surface area (Å²) < 4.78 is 1.79. The molecule has 1 aliphatic carbocycles. The second-order valence-electron chi connectivity index (χ2n) is 7.60. The van der Waals surface area contributed by atoms with Gasteiger partial charge >= 0.3 is 5.97 Å². The third kappa shape index (κ3) is 2.67. The second-order valence-corrected chi connectivity index (χ2v) is 7.60. The SMILES string of the molecule is CCN1c2c(N=Nc3ccccc3)c(=O)[nH]n2C2c3ccccc3CC2C1C(=O)O. The summed E-state index contributed by atoms with van der Waals surface area (Å²) in [5.41, 5.74) is 2.54. The highest BCUT2D eigenvalue weighted by Gasteiger charge is 2.50. The molecular formula is C22H21N5O3. The molecule has 5 rings (SSSR count). The number of benzene rings is 2. The number of aromatic nitrogens is 2. The molecular weight excluding hydrogens is 382 g/mol. The van der Waals surface area contributed by atoms with Gasteiger partial charge in [0, 0.05) is 12.5 Å². The zero-order valence-corrected chi connectivity index (χ0v) is 16.4. The molecule has 2 aliphatic rings. The smallest absolute Gasteiger partial charge is 0.326 e. The van der Waals surface area contributed by atoms with Crippen LogP contribution >= 0.6 is 0 Å². The van der Waals surface area contributed by atoms with Crippen LogP contribution in [0.1, 0.15) is 24.1 Å². The van der Waals surface area contributed by atoms with E-state index >= 15 is 0 Å². The molecule has 0 fully saturated rings. The van der Waals surface area contributed by atoms with Gasteiger partial charge in [0.15, 0.2) is 11.5 Å². The zero-order chi connectivity index (χ0) is 20.8. The van der Waals surface area contributed by atoms with Crippen LogP contribution in [-0.4, -0.2) is 33.4 Å². The number of aromatic amines is 1. The summed E-state index contributed by atoms with van der Waals surface area (Å²) in [5, 5.41) is 21.5. The van der Waals surface area contributed by atoms with Crippen LogP contribution < -0.4 is 10.5 Å². The highest BCUT2D eigenvalue weighted by atomic mass is 16.4. The Morgan fingerprint density at radius 1 is 1.13 bits per heavy atom. The summed E-state index contributed by atoms with van der Waals surface area (Å²) in [4.78, 5) is 26.9. The fraction of sp³-hybridized carbons (Fsp3) is 0.273. The van der Waals surface area contributed by atoms with Crippen molar-refractivity contribution >= 4 is 23.2 Å². The first kappa shape index (κ1) is 18.4. The lowest BCUT2D eigenvalue weighted by Crippen LogP contribution is -2.53. The Morgan fingerprint density at radius 2 is 1.87 bits per heavy atom. The average Bonchev–Trinajstić information content (AvgIpc) is 3.29. The van der Waals surface area contributed by atoms with E-state index in [1.807, 2.05) is 49.4 Å². The number of H-pyrrole nitrogens is 1. The van der Waals surface area contributed by atoms with Gasteiger partial charge in [0.25, 0.3) is 5.56 Å². The summed E-state index contributed by atoms with van der Waals surface area (Å²) in [6.45, 7) is 2.32. The van der Waals surface area contributed by atoms with Gasteiger partial charge in [0.1, 0.15) is 6.04 Å². The number of carboxylic acid groups (broad SMARTS) is 1. The molecule has 152 valence electrons. The Labute approximate surface area is 172 Å². The number of azo groups is 1. The van der Waals surface area contributed by atoms with E-state index in [2.05, 4.69) is 15.3 Å². The van der Waals surface area contributed by atoms with Crippen LogP contribution in [0.15, 0.2) is 69.6 Å². The van der Waals surface area contributed by atoms with E-state index in [4.69, 9.17) is 0 Å². The first-order valence-corrected chi connectivity index (χ1v) is 9.98. The molecule has 30 heavy (non-hydrogen) atoms. The number of likely N-dealkylation sites (N-methyl/N-ethyl adjacent to an activating group) is 1. The Kier molecular flexibility index (Phi) is 4.27. The number of rotatable bonds is 4. The van der Waals surface area contributed by atoms with E-state index in [0.717, 1.165) is 11.1 Å². The molecule has 3 atom stereocenters. The number of hydrogen-bond acceptors (Lipinski definition) is 5. The molecule has 3 aromatic rings. The third-order valence-corrected chi connectivity index (χ3v) is 6.02. The van der Waals surface area contributed by atoms with Crippen LogP contribution in [-0.2, 0) is 11.2 Å². The Balaban J connectivity index is 1.70. The van der Waals surface area contributed by atoms with Crippen molar-refractivity contribution < 1.29 is 9.90 Å². The second kappa shape index (κ2) is 6.98. The van der Waals surface area contributed by atoms with Gasteiger partial charge in [-0.3, -0.25) is 14.6 Å². The minimum atomic E-state index is -0.898. The maximum absolute atomic E-state index is 12.9. The fourth-order valence-electron chi connectivity index (χ4n) is 4.84. The summed E-state index contributed by atoms with van der Waals surface area (Å²) >= 11 is 0. The van der Waals surface area contributed by atoms with Gasteiger partial charge in [0.05, 0.1) is 11.7 Å². The highest BCUT2D eigenvalue weighted by molar-refractivity contribution is 5.82. The van der Waals surface area contributed by atoms with Gasteiger partial charge in [-0.05, 0) is 36.6 Å². The predicted octanol–water partition coefficient (Wildman–Crippen LogP) is 3.65. The molecule has 1 aromatic heterocycles. The summed E-state index contributed by atoms with van der Waals surface area (Å²) in [6, 6.07) is 16.1. The number of anilines is 1. The van der Waals surface area contributed by atoms with E-state index in [9.17, 15) is 14.7 Å². The number of aliphatic carboxylic acids is 1. The van der Waals surface area contributed by atoms with Crippen molar-refractivity contribution in [2.75, 3.05) is 11.4 Å². The molecule has 2 aromatic carbocycles. The molecule has 0 saturated heterocycles. The fourth-order valence-corrected chi connectivity index (χ4v) is 4.84. The van der Waals surface area contributed by atoms with Crippen LogP contribution in [0.3, 0.4) is 0 Å². The molecule has 2 heterocycles. The van der Waals surface area contributed by atoms with Gasteiger partial charge in [-0.15, -0.1) is 5.11 Å². The molecule has 8 heteroatoms. The summed E-state index contributed by atoms with van der Waals surface area (Å²) in [5.74, 6) is -0.604. The van der Waals surface area contributed by atoms with Crippen LogP contribution in [0.4, 0.5) is 17.2 Å². The van der Waals surface area contributed by atoms with Gasteiger partial charge in [0.2, 0.25) is 0 Å². The first-order valence-electron chi connectivity index (χ1n) is 9.98. The van der Waals surface area contributed by atoms with Crippen molar-refractivity contribution in [1.29, 1.82) is 0 Å². The molecule has 0 amide bonds. The maximum Gasteiger partial charge on any atom is 0.326 e. The number of fused-ring (bicyclic) bond motifs is 5. The van der Waals surface area contributed by atoms with Crippen molar-refractivity contribution in [1.82, 2.24) is 9.78 Å². The minimum Gasteiger partial charge on any atom is -0.480 e. The molecule has 0 saturated carbocycles. The lowest BCUT2D eigenvalue weighted by Gasteiger charge is -2.42. The van der Waals surface area contributed by atoms with Crippen molar-refractivity contribution in [3.05, 3.63) is 76.1 Å². The van der Waals surface area contributed by atoms with Crippen LogP contribution in [0.25, 0.3) is 0 Å². The maximum atomic E-state index is 12.9. The molecule has 8 nitrogen and oxygen atoms in total. The lowest BCUT2D eigenvalue weighted by atomic mass is 9.89. The van der Waals surface area contributed by atoms with Crippen molar-refractivity contribution in [2.45, 2.75) is 25.4 Å². The highest BCUT2D eigenvalue weighted by Crippen LogP contribution is 2.49. The van der Waals surface area contributed by atoms with Gasteiger partial charge in [-0.1, -0.05) is 42.5 Å². The largest absolute Gasteiger partial charge is 0.480 e. The van der Waals surface area contributed by atoms with Crippen molar-refractivity contribution in [3.63, 3.8) is 0 Å². The number of carboxylic acids is 1. The topological polar surface area (TPSA) is 103 Å². The summed E-state index contributed by atoms with van der Waals surface area (Å²) in [7, 11) is 0. The standard InChI is InChI=1S/C22H21N5O3/c1-2-26-19(22(29)30)16-12-13-8-6-7-11-15(13)18(16)27-21(26)17(20(28)25-27)24-23-14-9-4-3-5-10-14/h3-11,16,18-19H,2,12H2,1H3,(H,25,28)(H,29,30). The van der Waals surface area contributed by atoms with Gasteiger partial charge in [-0.2, -0.15) is 5.11 Å². The van der Waals surface area contributed by atoms with Gasteiger partial charge < -0.3 is 10.0 Å². The van der Waals surface area contributed by atoms with Crippen LogP contribution in [0.2, 0.25) is 0 Å². The Morgan fingerprint density at radius 3 is 2.60 bits per heavy atom. The van der Waals surface area contributed by atoms with Crippen molar-refractivity contribution in [2.24, 2.45) is 16.1 Å². The van der Waals surface area contributed by atoms with E-state index < -0.39 is 12.0 Å². The molecule has 1 aliphatic heterocycles. The lowest BCUT2D eigenvalue weighted by molar-refractivity contribution is -0.140. The normalized spacial score (nSPS) is 22.0. The summed E-state index contributed by atoms with van der Waals surface area (Å²) in [6.07, 6.45) is 0.648. The van der Waals surface area contributed by atoms with E-state index in [0.29, 0.717) is 24.5 Å². The molecule has 2 N–H and O–H groups in total. The van der Waals surface area contributed by atoms with Crippen LogP contribution in [0, 0.1) is 5.92 Å². The van der Waals surface area contributed by atoms with E-state index in [-0.39, 0.29) is 23.2 Å². The van der Waals surface area contributed by atoms with Gasteiger partial charge in [-0.25, -0.2) is 4.79 Å². The molecule has 3 unspecified atom stereocenters. The number of nitrogens with zero attached hydrogens (tertiary/aromatic N) is 4. The monoisotopic (exact) mass is 403 g/mol. The van der Waals surface area contributed by atoms with Crippen molar-refractivity contribution in [3.8, 4) is 0 Å². The number of nitrogens with one attached hydrogen (secondary N) is 1. The Bertz CT molecular complexity index is 1200. The molecule has 0 bridgehead atoms. The first-order chi connectivity index (χ1) is 14.6. The third-order valence-electron chi connectivity index (χ3n) is 6.02. The van der Waals surface area contributed by atoms with E-state index in [1.165, 1.54) is 0 Å². The number of carbonyl (C=O) groups is 1. The van der Waals surface area contributed by atoms with Crippen LogP contribution in [0.5, 0.6) is 0 Å². The zero-order valence-electron chi connectivity index (χ0n) is 16.4. The number of hydrogen-bond donors (Lipinski definition) is 2. The molecule has 0 spiro atoms. The predicted molar refractivity (Wildman–Crippen MR) is 112 cm³/mol. The average molecular weight is 403 g/mol. The molecule has 0 radical (unpaired) electrons.